The van der Waals surface area contributed by atoms with Crippen molar-refractivity contribution >= 4 is 40.5 Å². The first-order valence-electron chi connectivity index (χ1n) is 4.89. The molecular formula is C11H8Cl2N2O2S. The van der Waals surface area contributed by atoms with Crippen LogP contribution in [0, 0.1) is 0 Å². The maximum atomic E-state index is 10.8. The van der Waals surface area contributed by atoms with E-state index in [0.717, 1.165) is 0 Å². The van der Waals surface area contributed by atoms with Crippen LogP contribution in [0.5, 0.6) is 0 Å². The largest absolute Gasteiger partial charge is 0.480 e. The molecular weight excluding hydrogens is 295 g/mol. The fraction of sp³-hybridized carbons (Fsp3) is 0.0909. The first-order chi connectivity index (χ1) is 8.50. The number of benzene rings is 1. The second kappa shape index (κ2) is 5.24. The summed E-state index contributed by atoms with van der Waals surface area (Å²) >= 11 is 13.2. The van der Waals surface area contributed by atoms with Crippen molar-refractivity contribution in [2.75, 3.05) is 0 Å². The molecule has 1 heterocycles. The van der Waals surface area contributed by atoms with E-state index >= 15 is 0 Å². The second-order valence-electron chi connectivity index (χ2n) is 3.49. The molecule has 1 unspecified atom stereocenters. The Hall–Kier alpha value is -1.14. The number of hydrogen-bond acceptors (Lipinski definition) is 4. The number of aliphatic carboxylic acids is 1. The van der Waals surface area contributed by atoms with Gasteiger partial charge in [-0.1, -0.05) is 35.3 Å². The fourth-order valence-corrected chi connectivity index (χ4v) is 2.68. The molecule has 2 aromatic rings. The van der Waals surface area contributed by atoms with Gasteiger partial charge >= 0.3 is 5.97 Å². The molecule has 94 valence electrons. The van der Waals surface area contributed by atoms with Crippen molar-refractivity contribution in [3.8, 4) is 10.6 Å². The molecule has 0 saturated carbocycles. The van der Waals surface area contributed by atoms with Crippen molar-refractivity contribution in [3.05, 3.63) is 39.3 Å². The summed E-state index contributed by atoms with van der Waals surface area (Å²) in [5.74, 6) is -1.12. The molecule has 0 radical (unpaired) electrons. The van der Waals surface area contributed by atoms with Crippen molar-refractivity contribution in [1.82, 2.24) is 4.98 Å². The number of nitrogens with zero attached hydrogens (tertiary/aromatic N) is 1. The molecule has 0 saturated heterocycles. The lowest BCUT2D eigenvalue weighted by atomic mass is 10.2. The minimum Gasteiger partial charge on any atom is -0.480 e. The average molecular weight is 303 g/mol. The molecule has 18 heavy (non-hydrogen) atoms. The molecule has 0 aliphatic carbocycles. The highest BCUT2D eigenvalue weighted by atomic mass is 35.5. The Morgan fingerprint density at radius 3 is 2.83 bits per heavy atom. The summed E-state index contributed by atoms with van der Waals surface area (Å²) in [7, 11) is 0. The Labute approximate surface area is 117 Å². The monoisotopic (exact) mass is 302 g/mol. The minimum atomic E-state index is -1.13. The van der Waals surface area contributed by atoms with E-state index in [4.69, 9.17) is 34.0 Å². The highest BCUT2D eigenvalue weighted by Gasteiger charge is 2.19. The van der Waals surface area contributed by atoms with Crippen LogP contribution in [0.4, 0.5) is 0 Å². The molecule has 7 heteroatoms. The maximum Gasteiger partial charge on any atom is 0.326 e. The van der Waals surface area contributed by atoms with E-state index < -0.39 is 12.0 Å². The van der Waals surface area contributed by atoms with Gasteiger partial charge in [-0.25, -0.2) is 4.98 Å². The van der Waals surface area contributed by atoms with Crippen molar-refractivity contribution in [2.45, 2.75) is 6.04 Å². The summed E-state index contributed by atoms with van der Waals surface area (Å²) in [5, 5.41) is 11.8. The molecule has 0 bridgehead atoms. The predicted octanol–water partition coefficient (Wildman–Crippen LogP) is 3.20. The Morgan fingerprint density at radius 2 is 2.17 bits per heavy atom. The van der Waals surface area contributed by atoms with Crippen molar-refractivity contribution in [2.24, 2.45) is 5.73 Å². The molecule has 0 aliphatic heterocycles. The second-order valence-corrected chi connectivity index (χ2v) is 5.14. The Balaban J connectivity index is 2.41. The Kier molecular flexibility index (Phi) is 3.87. The predicted molar refractivity (Wildman–Crippen MR) is 72.1 cm³/mol. The van der Waals surface area contributed by atoms with Gasteiger partial charge in [0, 0.05) is 10.9 Å². The van der Waals surface area contributed by atoms with Gasteiger partial charge in [0.25, 0.3) is 0 Å². The maximum absolute atomic E-state index is 10.8. The number of nitrogens with two attached hydrogens (primary N) is 1. The molecule has 0 spiro atoms. The number of aromatic nitrogens is 1. The summed E-state index contributed by atoms with van der Waals surface area (Å²) in [4.78, 5) is 14.9. The molecule has 0 amide bonds. The van der Waals surface area contributed by atoms with E-state index in [1.165, 1.54) is 11.3 Å². The van der Waals surface area contributed by atoms with Gasteiger partial charge in [-0.3, -0.25) is 4.79 Å². The summed E-state index contributed by atoms with van der Waals surface area (Å²) < 4.78 is 0. The zero-order valence-corrected chi connectivity index (χ0v) is 11.3. The highest BCUT2D eigenvalue weighted by molar-refractivity contribution is 7.13. The number of hydrogen-bond donors (Lipinski definition) is 2. The molecule has 3 N–H and O–H groups in total. The van der Waals surface area contributed by atoms with E-state index in [0.29, 0.717) is 26.3 Å². The summed E-state index contributed by atoms with van der Waals surface area (Å²) in [5.41, 5.74) is 6.45. The van der Waals surface area contributed by atoms with Gasteiger partial charge in [0.05, 0.1) is 15.7 Å². The van der Waals surface area contributed by atoms with E-state index in [1.807, 2.05) is 0 Å². The van der Waals surface area contributed by atoms with Crippen LogP contribution in [0.15, 0.2) is 23.6 Å². The van der Waals surface area contributed by atoms with Crippen LogP contribution in [-0.2, 0) is 4.79 Å². The first kappa shape index (κ1) is 13.3. The van der Waals surface area contributed by atoms with Gasteiger partial charge < -0.3 is 10.8 Å². The van der Waals surface area contributed by atoms with Crippen molar-refractivity contribution < 1.29 is 9.90 Å². The van der Waals surface area contributed by atoms with E-state index in [1.54, 1.807) is 23.6 Å². The van der Waals surface area contributed by atoms with E-state index in [9.17, 15) is 4.79 Å². The molecule has 0 fully saturated rings. The van der Waals surface area contributed by atoms with E-state index in [2.05, 4.69) is 4.98 Å². The summed E-state index contributed by atoms with van der Waals surface area (Å²) in [6.07, 6.45) is 0. The number of carboxylic acid groups (broad SMARTS) is 1. The lowest BCUT2D eigenvalue weighted by Gasteiger charge is -2.03. The third-order valence-electron chi connectivity index (χ3n) is 2.29. The third kappa shape index (κ3) is 2.49. The van der Waals surface area contributed by atoms with Crippen LogP contribution in [-0.4, -0.2) is 16.1 Å². The standard InChI is InChI=1S/C11H8Cl2N2O2S/c12-6-3-1-2-5(8(6)13)10-15-7(4-18-10)9(14)11(16)17/h1-4,9H,14H2,(H,16,17). The average Bonchev–Trinajstić information content (AvgIpc) is 2.80. The van der Waals surface area contributed by atoms with Gasteiger partial charge in [0.2, 0.25) is 0 Å². The molecule has 1 aromatic carbocycles. The van der Waals surface area contributed by atoms with Crippen LogP contribution in [0.2, 0.25) is 10.0 Å². The Bertz CT molecular complexity index is 600. The number of carbonyl (C=O) groups is 1. The fourth-order valence-electron chi connectivity index (χ4n) is 1.35. The topological polar surface area (TPSA) is 76.2 Å². The number of rotatable bonds is 3. The van der Waals surface area contributed by atoms with Gasteiger partial charge in [-0.05, 0) is 6.07 Å². The van der Waals surface area contributed by atoms with Gasteiger partial charge in [-0.2, -0.15) is 0 Å². The van der Waals surface area contributed by atoms with Crippen molar-refractivity contribution in [3.63, 3.8) is 0 Å². The quantitative estimate of drug-likeness (QED) is 0.913. The van der Waals surface area contributed by atoms with Crippen molar-refractivity contribution in [1.29, 1.82) is 0 Å². The number of thiazole rings is 1. The SMILES string of the molecule is NC(C(=O)O)c1csc(-c2cccc(Cl)c2Cl)n1. The summed E-state index contributed by atoms with van der Waals surface area (Å²) in [6, 6.07) is 4.06. The van der Waals surface area contributed by atoms with Gasteiger partial charge in [0.1, 0.15) is 11.0 Å². The number of halogens is 2. The zero-order valence-electron chi connectivity index (χ0n) is 8.93. The van der Waals surface area contributed by atoms with Crippen LogP contribution in [0.1, 0.15) is 11.7 Å². The minimum absolute atomic E-state index is 0.304. The summed E-state index contributed by atoms with van der Waals surface area (Å²) in [6.45, 7) is 0. The first-order valence-corrected chi connectivity index (χ1v) is 6.52. The highest BCUT2D eigenvalue weighted by Crippen LogP contribution is 2.35. The Morgan fingerprint density at radius 1 is 1.44 bits per heavy atom. The lowest BCUT2D eigenvalue weighted by molar-refractivity contribution is -0.138. The molecule has 0 aliphatic rings. The van der Waals surface area contributed by atoms with Crippen LogP contribution in [0.3, 0.4) is 0 Å². The van der Waals surface area contributed by atoms with Gasteiger partial charge in [-0.15, -0.1) is 11.3 Å². The zero-order chi connectivity index (χ0) is 13.3. The van der Waals surface area contributed by atoms with Crippen LogP contribution < -0.4 is 5.73 Å². The van der Waals surface area contributed by atoms with E-state index in [-0.39, 0.29) is 0 Å². The third-order valence-corrected chi connectivity index (χ3v) is 4.00. The van der Waals surface area contributed by atoms with Gasteiger partial charge in [0.15, 0.2) is 0 Å². The molecule has 1 aromatic heterocycles. The molecule has 4 nitrogen and oxygen atoms in total. The lowest BCUT2D eigenvalue weighted by Crippen LogP contribution is -2.20. The smallest absolute Gasteiger partial charge is 0.326 e. The molecule has 1 atom stereocenters. The number of carboxylic acids is 1. The van der Waals surface area contributed by atoms with Crippen LogP contribution in [0.25, 0.3) is 10.6 Å². The molecule has 2 rings (SSSR count). The normalized spacial score (nSPS) is 12.4. The van der Waals surface area contributed by atoms with Crippen LogP contribution >= 0.6 is 34.5 Å².